The molecule has 2 N–H and O–H groups in total. The van der Waals surface area contributed by atoms with E-state index in [1.165, 1.54) is 0 Å². The Morgan fingerprint density at radius 1 is 1.39 bits per heavy atom. The molecule has 0 aliphatic carbocycles. The molecule has 0 aromatic rings. The first-order chi connectivity index (χ1) is 8.09. The van der Waals surface area contributed by atoms with Crippen molar-refractivity contribution in [2.24, 2.45) is 0 Å². The standard InChI is InChI=1S/C11H21F3N2O2/c1-10(2,3)15-6-8-7-16(4-5-18-8)9(17)11(12,13)14/h8-9,15,17H,4-7H2,1-3H3/t8-,9?/m0/s1. The van der Waals surface area contributed by atoms with E-state index in [-0.39, 0.29) is 31.3 Å². The Balaban J connectivity index is 2.46. The fourth-order valence-electron chi connectivity index (χ4n) is 1.71. The number of hydrogen-bond donors (Lipinski definition) is 2. The Morgan fingerprint density at radius 3 is 2.50 bits per heavy atom. The Hall–Kier alpha value is -0.370. The number of halogens is 3. The van der Waals surface area contributed by atoms with Gasteiger partial charge in [0.25, 0.3) is 0 Å². The SMILES string of the molecule is CC(C)(C)NC[C@H]1CN(C(O)C(F)(F)F)CCO1. The number of nitrogens with one attached hydrogen (secondary N) is 1. The second-order valence-corrected chi connectivity index (χ2v) is 5.53. The highest BCUT2D eigenvalue weighted by molar-refractivity contribution is 4.80. The van der Waals surface area contributed by atoms with Crippen molar-refractivity contribution < 1.29 is 23.0 Å². The lowest BCUT2D eigenvalue weighted by molar-refractivity contribution is -0.261. The van der Waals surface area contributed by atoms with E-state index in [0.29, 0.717) is 6.54 Å². The summed E-state index contributed by atoms with van der Waals surface area (Å²) in [5.74, 6) is 0. The number of alkyl halides is 3. The van der Waals surface area contributed by atoms with Crippen LogP contribution in [0, 0.1) is 0 Å². The monoisotopic (exact) mass is 270 g/mol. The molecule has 0 amide bonds. The van der Waals surface area contributed by atoms with Crippen LogP contribution in [-0.4, -0.2) is 60.3 Å². The molecule has 1 saturated heterocycles. The van der Waals surface area contributed by atoms with Gasteiger partial charge in [0.2, 0.25) is 6.23 Å². The average molecular weight is 270 g/mol. The molecule has 0 spiro atoms. The molecule has 1 rings (SSSR count). The molecule has 0 saturated carbocycles. The third kappa shape index (κ3) is 5.09. The normalized spacial score (nSPS) is 25.2. The molecular formula is C11H21F3N2O2. The minimum atomic E-state index is -4.61. The summed E-state index contributed by atoms with van der Waals surface area (Å²) in [6.07, 6.45) is -7.35. The molecule has 2 atom stereocenters. The van der Waals surface area contributed by atoms with Gasteiger partial charge in [-0.05, 0) is 20.8 Å². The molecule has 1 unspecified atom stereocenters. The molecule has 7 heteroatoms. The van der Waals surface area contributed by atoms with Gasteiger partial charge in [-0.15, -0.1) is 0 Å². The summed E-state index contributed by atoms with van der Waals surface area (Å²) in [5.41, 5.74) is -0.117. The van der Waals surface area contributed by atoms with Crippen LogP contribution >= 0.6 is 0 Å². The van der Waals surface area contributed by atoms with Gasteiger partial charge in [-0.2, -0.15) is 13.2 Å². The lowest BCUT2D eigenvalue weighted by Crippen LogP contribution is -2.56. The van der Waals surface area contributed by atoms with Crippen molar-refractivity contribution in [2.45, 2.75) is 44.8 Å². The fraction of sp³-hybridized carbons (Fsp3) is 1.00. The Labute approximate surface area is 105 Å². The Kier molecular flexibility index (Phi) is 4.99. The van der Waals surface area contributed by atoms with Crippen LogP contribution in [0.2, 0.25) is 0 Å². The number of hydrogen-bond acceptors (Lipinski definition) is 4. The van der Waals surface area contributed by atoms with Crippen LogP contribution in [-0.2, 0) is 4.74 Å². The quantitative estimate of drug-likeness (QED) is 0.801. The molecule has 0 aromatic carbocycles. The van der Waals surface area contributed by atoms with Crippen LogP contribution in [0.3, 0.4) is 0 Å². The fourth-order valence-corrected chi connectivity index (χ4v) is 1.71. The highest BCUT2D eigenvalue weighted by Gasteiger charge is 2.43. The third-order valence-corrected chi connectivity index (χ3v) is 2.67. The van der Waals surface area contributed by atoms with Gasteiger partial charge in [0.15, 0.2) is 0 Å². The average Bonchev–Trinajstić information content (AvgIpc) is 2.23. The summed E-state index contributed by atoms with van der Waals surface area (Å²) >= 11 is 0. The van der Waals surface area contributed by atoms with E-state index in [9.17, 15) is 18.3 Å². The Bertz CT molecular complexity index is 266. The zero-order valence-corrected chi connectivity index (χ0v) is 10.9. The lowest BCUT2D eigenvalue weighted by atomic mass is 10.1. The van der Waals surface area contributed by atoms with Crippen molar-refractivity contribution in [1.29, 1.82) is 0 Å². The van der Waals surface area contributed by atoms with E-state index in [1.807, 2.05) is 20.8 Å². The zero-order valence-electron chi connectivity index (χ0n) is 10.9. The van der Waals surface area contributed by atoms with Crippen LogP contribution in [0.5, 0.6) is 0 Å². The maximum absolute atomic E-state index is 12.4. The summed E-state index contributed by atoms with van der Waals surface area (Å²) < 4.78 is 42.5. The van der Waals surface area contributed by atoms with Crippen molar-refractivity contribution in [3.8, 4) is 0 Å². The first-order valence-corrected chi connectivity index (χ1v) is 5.95. The number of morpholine rings is 1. The van der Waals surface area contributed by atoms with Gasteiger partial charge in [-0.1, -0.05) is 0 Å². The lowest BCUT2D eigenvalue weighted by Gasteiger charge is -2.37. The van der Waals surface area contributed by atoms with Gasteiger partial charge in [0.05, 0.1) is 12.7 Å². The number of rotatable bonds is 3. The minimum absolute atomic E-state index is 0.0732. The number of aliphatic hydroxyl groups excluding tert-OH is 1. The molecule has 0 radical (unpaired) electrons. The minimum Gasteiger partial charge on any atom is -0.374 e. The number of aliphatic hydroxyl groups is 1. The van der Waals surface area contributed by atoms with E-state index in [2.05, 4.69) is 5.32 Å². The van der Waals surface area contributed by atoms with E-state index < -0.39 is 12.4 Å². The predicted molar refractivity (Wildman–Crippen MR) is 61.1 cm³/mol. The number of nitrogens with zero attached hydrogens (tertiary/aromatic N) is 1. The Morgan fingerprint density at radius 2 is 2.00 bits per heavy atom. The number of ether oxygens (including phenoxy) is 1. The summed E-state index contributed by atoms with van der Waals surface area (Å²) in [5, 5.41) is 12.4. The highest BCUT2D eigenvalue weighted by Crippen LogP contribution is 2.24. The predicted octanol–water partition coefficient (Wildman–Crippen LogP) is 0.956. The van der Waals surface area contributed by atoms with E-state index >= 15 is 0 Å². The smallest absolute Gasteiger partial charge is 0.374 e. The first-order valence-electron chi connectivity index (χ1n) is 5.95. The van der Waals surface area contributed by atoms with E-state index in [0.717, 1.165) is 4.90 Å². The van der Waals surface area contributed by atoms with Crippen LogP contribution in [0.25, 0.3) is 0 Å². The molecular weight excluding hydrogens is 249 g/mol. The highest BCUT2D eigenvalue weighted by atomic mass is 19.4. The third-order valence-electron chi connectivity index (χ3n) is 2.67. The second-order valence-electron chi connectivity index (χ2n) is 5.53. The van der Waals surface area contributed by atoms with Crippen molar-refractivity contribution in [1.82, 2.24) is 10.2 Å². The molecule has 1 heterocycles. The molecule has 18 heavy (non-hydrogen) atoms. The van der Waals surface area contributed by atoms with Crippen molar-refractivity contribution >= 4 is 0 Å². The second kappa shape index (κ2) is 5.73. The van der Waals surface area contributed by atoms with Gasteiger partial charge < -0.3 is 15.2 Å². The largest absolute Gasteiger partial charge is 0.428 e. The van der Waals surface area contributed by atoms with Gasteiger partial charge in [-0.3, -0.25) is 4.90 Å². The molecule has 108 valence electrons. The molecule has 0 aromatic heterocycles. The zero-order chi connectivity index (χ0) is 14.0. The van der Waals surface area contributed by atoms with Crippen molar-refractivity contribution in [3.05, 3.63) is 0 Å². The first kappa shape index (κ1) is 15.7. The summed E-state index contributed by atoms with van der Waals surface area (Å²) in [4.78, 5) is 0.999. The van der Waals surface area contributed by atoms with E-state index in [1.54, 1.807) is 0 Å². The summed E-state index contributed by atoms with van der Waals surface area (Å²) in [6.45, 7) is 6.74. The molecule has 4 nitrogen and oxygen atoms in total. The van der Waals surface area contributed by atoms with Crippen molar-refractivity contribution in [2.75, 3.05) is 26.2 Å². The summed E-state index contributed by atoms with van der Waals surface area (Å²) in [6, 6.07) is 0. The van der Waals surface area contributed by atoms with Crippen LogP contribution < -0.4 is 5.32 Å². The van der Waals surface area contributed by atoms with E-state index in [4.69, 9.17) is 4.74 Å². The van der Waals surface area contributed by atoms with Crippen LogP contribution in [0.4, 0.5) is 13.2 Å². The van der Waals surface area contributed by atoms with Crippen LogP contribution in [0.1, 0.15) is 20.8 Å². The molecule has 1 aliphatic rings. The van der Waals surface area contributed by atoms with Gasteiger partial charge in [-0.25, -0.2) is 0 Å². The molecule has 0 bridgehead atoms. The van der Waals surface area contributed by atoms with Gasteiger partial charge >= 0.3 is 6.18 Å². The van der Waals surface area contributed by atoms with Gasteiger partial charge in [0.1, 0.15) is 0 Å². The molecule has 1 aliphatic heterocycles. The van der Waals surface area contributed by atoms with Crippen LogP contribution in [0.15, 0.2) is 0 Å². The maximum atomic E-state index is 12.4. The summed E-state index contributed by atoms with van der Waals surface area (Å²) in [7, 11) is 0. The van der Waals surface area contributed by atoms with Crippen molar-refractivity contribution in [3.63, 3.8) is 0 Å². The molecule has 1 fully saturated rings. The van der Waals surface area contributed by atoms with Gasteiger partial charge in [0, 0.05) is 25.2 Å². The topological polar surface area (TPSA) is 44.7 Å². The maximum Gasteiger partial charge on any atom is 0.428 e.